The van der Waals surface area contributed by atoms with Crippen LogP contribution in [-0.4, -0.2) is 45.2 Å². The average molecular weight is 400 g/mol. The number of nitrogens with zero attached hydrogens (tertiary/aromatic N) is 2. The molecule has 0 aliphatic carbocycles. The molecule has 0 N–H and O–H groups in total. The van der Waals surface area contributed by atoms with E-state index in [2.05, 4.69) is 24.0 Å². The lowest BCUT2D eigenvalue weighted by Gasteiger charge is -2.42. The Hall–Kier alpha value is -2.44. The number of rotatable bonds is 8. The maximum atomic E-state index is 14.5. The standard InChI is InChI=1S/C23H29FN2O3/c1-6-26(4)15-25-20-11-16(2)19(10-17(20)3)23(13-28-14-23)29-12-18-8-7-9-21(27-5)22(18)24/h7-11,15H,6,12-14H2,1-5H3. The monoisotopic (exact) mass is 400 g/mol. The first-order valence-corrected chi connectivity index (χ1v) is 9.79. The quantitative estimate of drug-likeness (QED) is 0.483. The first-order valence-electron chi connectivity index (χ1n) is 9.79. The van der Waals surface area contributed by atoms with Gasteiger partial charge in [0.25, 0.3) is 0 Å². The summed E-state index contributed by atoms with van der Waals surface area (Å²) in [6.07, 6.45) is 1.84. The van der Waals surface area contributed by atoms with E-state index in [1.807, 2.05) is 32.1 Å². The van der Waals surface area contributed by atoms with Crippen LogP contribution in [-0.2, 0) is 21.7 Å². The third kappa shape index (κ3) is 4.43. The molecule has 1 fully saturated rings. The second-order valence-corrected chi connectivity index (χ2v) is 7.48. The Morgan fingerprint density at radius 1 is 1.24 bits per heavy atom. The normalized spacial score (nSPS) is 15.4. The van der Waals surface area contributed by atoms with Crippen LogP contribution in [0.1, 0.15) is 29.2 Å². The van der Waals surface area contributed by atoms with Gasteiger partial charge in [0.1, 0.15) is 5.60 Å². The van der Waals surface area contributed by atoms with Gasteiger partial charge in [-0.05, 0) is 49.6 Å². The summed E-state index contributed by atoms with van der Waals surface area (Å²) in [6.45, 7) is 8.10. The summed E-state index contributed by atoms with van der Waals surface area (Å²) in [6, 6.07) is 9.26. The molecular weight excluding hydrogens is 371 g/mol. The first-order chi connectivity index (χ1) is 13.9. The Kier molecular flexibility index (Phi) is 6.55. The van der Waals surface area contributed by atoms with Crippen molar-refractivity contribution < 1.29 is 18.6 Å². The molecule has 29 heavy (non-hydrogen) atoms. The van der Waals surface area contributed by atoms with E-state index in [1.54, 1.807) is 18.2 Å². The highest BCUT2D eigenvalue weighted by atomic mass is 19.1. The van der Waals surface area contributed by atoms with Gasteiger partial charge in [-0.15, -0.1) is 0 Å². The van der Waals surface area contributed by atoms with E-state index < -0.39 is 5.60 Å². The van der Waals surface area contributed by atoms with Gasteiger partial charge in [-0.2, -0.15) is 0 Å². The van der Waals surface area contributed by atoms with Gasteiger partial charge in [0, 0.05) is 19.2 Å². The number of aryl methyl sites for hydroxylation is 2. The minimum atomic E-state index is -0.577. The second kappa shape index (κ2) is 8.93. The van der Waals surface area contributed by atoms with Gasteiger partial charge >= 0.3 is 0 Å². The van der Waals surface area contributed by atoms with Crippen molar-refractivity contribution in [2.45, 2.75) is 33.0 Å². The zero-order chi connectivity index (χ0) is 21.0. The van der Waals surface area contributed by atoms with Crippen LogP contribution < -0.4 is 4.74 Å². The Morgan fingerprint density at radius 2 is 2.00 bits per heavy atom. The zero-order valence-electron chi connectivity index (χ0n) is 17.8. The maximum Gasteiger partial charge on any atom is 0.170 e. The van der Waals surface area contributed by atoms with Gasteiger partial charge in [-0.25, -0.2) is 9.38 Å². The molecule has 0 bridgehead atoms. The molecule has 1 aliphatic heterocycles. The van der Waals surface area contributed by atoms with Crippen LogP contribution in [0.4, 0.5) is 10.1 Å². The van der Waals surface area contributed by atoms with Crippen molar-refractivity contribution in [2.24, 2.45) is 4.99 Å². The Morgan fingerprint density at radius 3 is 2.62 bits per heavy atom. The minimum Gasteiger partial charge on any atom is -0.494 e. The van der Waals surface area contributed by atoms with Crippen LogP contribution in [0.2, 0.25) is 0 Å². The van der Waals surface area contributed by atoms with Crippen molar-refractivity contribution in [3.8, 4) is 5.75 Å². The summed E-state index contributed by atoms with van der Waals surface area (Å²) in [5.74, 6) is -0.167. The highest BCUT2D eigenvalue weighted by molar-refractivity contribution is 5.64. The molecule has 1 saturated heterocycles. The van der Waals surface area contributed by atoms with Gasteiger partial charge in [0.15, 0.2) is 11.6 Å². The van der Waals surface area contributed by atoms with Crippen molar-refractivity contribution in [1.29, 1.82) is 0 Å². The van der Waals surface area contributed by atoms with Crippen LogP contribution in [0.3, 0.4) is 0 Å². The molecular formula is C23H29FN2O3. The maximum absolute atomic E-state index is 14.5. The number of hydrogen-bond acceptors (Lipinski definition) is 4. The molecule has 2 aromatic carbocycles. The Bertz CT molecular complexity index is 894. The molecule has 0 spiro atoms. The average Bonchev–Trinajstić information content (AvgIpc) is 2.69. The summed E-state index contributed by atoms with van der Waals surface area (Å²) in [5.41, 5.74) is 4.03. The fourth-order valence-electron chi connectivity index (χ4n) is 3.32. The number of ether oxygens (including phenoxy) is 3. The van der Waals surface area contributed by atoms with E-state index in [9.17, 15) is 4.39 Å². The lowest BCUT2D eigenvalue weighted by Crippen LogP contribution is -2.49. The Labute approximate surface area is 172 Å². The largest absolute Gasteiger partial charge is 0.494 e. The summed E-state index contributed by atoms with van der Waals surface area (Å²) in [5, 5.41) is 0. The molecule has 0 aromatic heterocycles. The lowest BCUT2D eigenvalue weighted by atomic mass is 9.86. The summed E-state index contributed by atoms with van der Waals surface area (Å²) in [4.78, 5) is 6.62. The molecule has 0 atom stereocenters. The first kappa shape index (κ1) is 21.3. The number of benzene rings is 2. The molecule has 0 radical (unpaired) electrons. The summed E-state index contributed by atoms with van der Waals surface area (Å²) in [7, 11) is 3.45. The molecule has 2 aromatic rings. The van der Waals surface area contributed by atoms with E-state index >= 15 is 0 Å². The second-order valence-electron chi connectivity index (χ2n) is 7.48. The van der Waals surface area contributed by atoms with E-state index in [0.29, 0.717) is 18.8 Å². The highest BCUT2D eigenvalue weighted by Crippen LogP contribution is 2.39. The molecule has 3 rings (SSSR count). The third-order valence-electron chi connectivity index (χ3n) is 5.36. The van der Waals surface area contributed by atoms with E-state index in [1.165, 1.54) is 7.11 Å². The topological polar surface area (TPSA) is 43.3 Å². The SMILES string of the molecule is CCN(C)C=Nc1cc(C)c(C2(OCc3cccc(OC)c3F)COC2)cc1C. The van der Waals surface area contributed by atoms with Gasteiger partial charge in [-0.1, -0.05) is 18.2 Å². The predicted octanol–water partition coefficient (Wildman–Crippen LogP) is 4.50. The van der Waals surface area contributed by atoms with Gasteiger partial charge < -0.3 is 19.1 Å². The number of methoxy groups -OCH3 is 1. The van der Waals surface area contributed by atoms with Crippen LogP contribution in [0, 0.1) is 19.7 Å². The van der Waals surface area contributed by atoms with Gasteiger partial charge in [0.2, 0.25) is 0 Å². The number of hydrogen-bond donors (Lipinski definition) is 0. The van der Waals surface area contributed by atoms with Crippen LogP contribution in [0.5, 0.6) is 5.75 Å². The molecule has 6 heteroatoms. The molecule has 0 amide bonds. The fourth-order valence-corrected chi connectivity index (χ4v) is 3.32. The minimum absolute atomic E-state index is 0.145. The van der Waals surface area contributed by atoms with Gasteiger partial charge in [0.05, 0.1) is 39.0 Å². The smallest absolute Gasteiger partial charge is 0.170 e. The molecule has 156 valence electrons. The van der Waals surface area contributed by atoms with Crippen LogP contribution in [0.25, 0.3) is 0 Å². The number of aliphatic imine (C=N–C) groups is 1. The molecule has 5 nitrogen and oxygen atoms in total. The van der Waals surface area contributed by atoms with E-state index in [-0.39, 0.29) is 18.2 Å². The van der Waals surface area contributed by atoms with Crippen molar-refractivity contribution in [3.05, 3.63) is 58.4 Å². The predicted molar refractivity (Wildman–Crippen MR) is 113 cm³/mol. The molecule has 0 saturated carbocycles. The van der Waals surface area contributed by atoms with E-state index in [4.69, 9.17) is 14.2 Å². The van der Waals surface area contributed by atoms with Crippen molar-refractivity contribution in [1.82, 2.24) is 4.90 Å². The summed E-state index contributed by atoms with van der Waals surface area (Å²) >= 11 is 0. The van der Waals surface area contributed by atoms with Crippen LogP contribution in [0.15, 0.2) is 35.3 Å². The zero-order valence-corrected chi connectivity index (χ0v) is 17.8. The third-order valence-corrected chi connectivity index (χ3v) is 5.36. The van der Waals surface area contributed by atoms with E-state index in [0.717, 1.165) is 28.9 Å². The van der Waals surface area contributed by atoms with Crippen molar-refractivity contribution >= 4 is 12.0 Å². The molecule has 1 aliphatic rings. The van der Waals surface area contributed by atoms with Crippen molar-refractivity contribution in [3.63, 3.8) is 0 Å². The number of halogens is 1. The van der Waals surface area contributed by atoms with Crippen LogP contribution >= 0.6 is 0 Å². The highest BCUT2D eigenvalue weighted by Gasteiger charge is 2.43. The molecule has 0 unspecified atom stereocenters. The summed E-state index contributed by atoms with van der Waals surface area (Å²) < 4.78 is 31.3. The molecule has 1 heterocycles. The lowest BCUT2D eigenvalue weighted by molar-refractivity contribution is -0.223. The van der Waals surface area contributed by atoms with Gasteiger partial charge in [-0.3, -0.25) is 0 Å². The fraction of sp³-hybridized carbons (Fsp3) is 0.435. The Balaban J connectivity index is 1.84. The van der Waals surface area contributed by atoms with Crippen molar-refractivity contribution in [2.75, 3.05) is 33.9 Å².